The minimum absolute atomic E-state index is 0.165. The van der Waals surface area contributed by atoms with E-state index in [2.05, 4.69) is 34.9 Å². The summed E-state index contributed by atoms with van der Waals surface area (Å²) in [4.78, 5) is 17.0. The average molecular weight is 326 g/mol. The van der Waals surface area contributed by atoms with Crippen LogP contribution in [-0.4, -0.2) is 40.9 Å². The fraction of sp³-hybridized carbons (Fsp3) is 0.667. The molecule has 3 heteroatoms. The maximum Gasteiger partial charge on any atom is 0.223 e. The second-order valence-electron chi connectivity index (χ2n) is 7.95. The Morgan fingerprint density at radius 1 is 1.00 bits per heavy atom. The molecule has 2 fully saturated rings. The standard InChI is InChI=1S/C21H30N2O/c1-2-23-20(24)9-11-21(23)10-4-13-22(14-12-21)16-17-7-8-18-5-3-6-19(18)15-17/h7-8,15H,2-6,9-14,16H2,1H3/t21-/m1/s1. The smallest absolute Gasteiger partial charge is 0.223 e. The number of fused-ring (bicyclic) bond motifs is 1. The quantitative estimate of drug-likeness (QED) is 0.848. The van der Waals surface area contributed by atoms with E-state index in [9.17, 15) is 4.79 Å². The van der Waals surface area contributed by atoms with Gasteiger partial charge < -0.3 is 4.90 Å². The second-order valence-corrected chi connectivity index (χ2v) is 7.95. The van der Waals surface area contributed by atoms with Crippen molar-refractivity contribution < 1.29 is 4.79 Å². The Kier molecular flexibility index (Phi) is 4.38. The Balaban J connectivity index is 1.43. The molecule has 1 spiro atoms. The maximum absolute atomic E-state index is 12.2. The fourth-order valence-electron chi connectivity index (χ4n) is 5.28. The molecule has 1 aromatic carbocycles. The molecule has 0 saturated carbocycles. The summed E-state index contributed by atoms with van der Waals surface area (Å²) >= 11 is 0. The zero-order chi connectivity index (χ0) is 16.6. The minimum Gasteiger partial charge on any atom is -0.337 e. The van der Waals surface area contributed by atoms with Gasteiger partial charge >= 0.3 is 0 Å². The molecule has 0 N–H and O–H groups in total. The molecule has 3 aliphatic rings. The van der Waals surface area contributed by atoms with Crippen molar-refractivity contribution >= 4 is 5.91 Å². The lowest BCUT2D eigenvalue weighted by Gasteiger charge is -2.37. The van der Waals surface area contributed by atoms with Crippen molar-refractivity contribution in [3.05, 3.63) is 34.9 Å². The Morgan fingerprint density at radius 2 is 1.88 bits per heavy atom. The lowest BCUT2D eigenvalue weighted by Crippen LogP contribution is -2.46. The number of hydrogen-bond acceptors (Lipinski definition) is 2. The van der Waals surface area contributed by atoms with Gasteiger partial charge in [-0.3, -0.25) is 9.69 Å². The van der Waals surface area contributed by atoms with E-state index in [1.165, 1.54) is 44.2 Å². The van der Waals surface area contributed by atoms with E-state index < -0.39 is 0 Å². The lowest BCUT2D eigenvalue weighted by atomic mass is 9.88. The van der Waals surface area contributed by atoms with Crippen molar-refractivity contribution in [2.24, 2.45) is 0 Å². The van der Waals surface area contributed by atoms with Gasteiger partial charge in [0.1, 0.15) is 0 Å². The van der Waals surface area contributed by atoms with E-state index in [1.54, 1.807) is 11.1 Å². The zero-order valence-corrected chi connectivity index (χ0v) is 15.0. The summed E-state index contributed by atoms with van der Waals surface area (Å²) in [5.41, 5.74) is 4.79. The van der Waals surface area contributed by atoms with Crippen molar-refractivity contribution in [2.75, 3.05) is 19.6 Å². The van der Waals surface area contributed by atoms with E-state index in [-0.39, 0.29) is 5.54 Å². The highest BCUT2D eigenvalue weighted by molar-refractivity contribution is 5.79. The third-order valence-electron chi connectivity index (χ3n) is 6.57. The van der Waals surface area contributed by atoms with E-state index in [0.29, 0.717) is 5.91 Å². The number of nitrogens with zero attached hydrogens (tertiary/aromatic N) is 2. The van der Waals surface area contributed by atoms with Crippen LogP contribution in [-0.2, 0) is 24.2 Å². The van der Waals surface area contributed by atoms with Crippen LogP contribution in [0.1, 0.15) is 62.1 Å². The molecule has 1 aliphatic carbocycles. The summed E-state index contributed by atoms with van der Waals surface area (Å²) in [5, 5.41) is 0. The summed E-state index contributed by atoms with van der Waals surface area (Å²) in [6.45, 7) is 6.39. The van der Waals surface area contributed by atoms with Gasteiger partial charge in [-0.15, -0.1) is 0 Å². The number of likely N-dealkylation sites (tertiary alicyclic amines) is 2. The van der Waals surface area contributed by atoms with Crippen LogP contribution < -0.4 is 0 Å². The highest BCUT2D eigenvalue weighted by atomic mass is 16.2. The molecule has 2 heterocycles. The van der Waals surface area contributed by atoms with Crippen LogP contribution in [0.4, 0.5) is 0 Å². The summed E-state index contributed by atoms with van der Waals surface area (Å²) in [5.74, 6) is 0.379. The average Bonchev–Trinajstić information content (AvgIpc) is 3.10. The van der Waals surface area contributed by atoms with Crippen LogP contribution in [0.3, 0.4) is 0 Å². The van der Waals surface area contributed by atoms with Crippen LogP contribution >= 0.6 is 0 Å². The maximum atomic E-state index is 12.2. The predicted octanol–water partition coefficient (Wildman–Crippen LogP) is 3.54. The molecule has 3 nitrogen and oxygen atoms in total. The first-order valence-electron chi connectivity index (χ1n) is 9.84. The molecule has 0 unspecified atom stereocenters. The third-order valence-corrected chi connectivity index (χ3v) is 6.57. The molecule has 130 valence electrons. The molecule has 2 aliphatic heterocycles. The summed E-state index contributed by atoms with van der Waals surface area (Å²) in [6, 6.07) is 7.13. The number of aryl methyl sites for hydroxylation is 2. The van der Waals surface area contributed by atoms with E-state index in [0.717, 1.165) is 38.9 Å². The largest absolute Gasteiger partial charge is 0.337 e. The van der Waals surface area contributed by atoms with Crippen LogP contribution in [0.2, 0.25) is 0 Å². The van der Waals surface area contributed by atoms with Gasteiger partial charge in [-0.05, 0) is 75.1 Å². The van der Waals surface area contributed by atoms with Gasteiger partial charge in [0.15, 0.2) is 0 Å². The van der Waals surface area contributed by atoms with Crippen molar-refractivity contribution in [3.63, 3.8) is 0 Å². The van der Waals surface area contributed by atoms with Gasteiger partial charge in [0, 0.05) is 31.6 Å². The molecule has 0 radical (unpaired) electrons. The molecular formula is C21H30N2O. The molecule has 0 aromatic heterocycles. The van der Waals surface area contributed by atoms with Gasteiger partial charge in [-0.25, -0.2) is 0 Å². The molecule has 4 rings (SSSR count). The van der Waals surface area contributed by atoms with Crippen LogP contribution in [0.5, 0.6) is 0 Å². The van der Waals surface area contributed by atoms with Crippen molar-refractivity contribution in [1.29, 1.82) is 0 Å². The summed E-state index contributed by atoms with van der Waals surface area (Å²) in [6.07, 6.45) is 9.25. The number of rotatable bonds is 3. The second kappa shape index (κ2) is 6.51. The molecule has 1 atom stereocenters. The Hall–Kier alpha value is -1.35. The normalized spacial score (nSPS) is 27.7. The summed E-state index contributed by atoms with van der Waals surface area (Å²) < 4.78 is 0. The molecular weight excluding hydrogens is 296 g/mol. The van der Waals surface area contributed by atoms with Gasteiger partial charge in [0.05, 0.1) is 0 Å². The number of amides is 1. The molecule has 0 bridgehead atoms. The van der Waals surface area contributed by atoms with Crippen molar-refractivity contribution in [2.45, 2.75) is 70.4 Å². The highest BCUT2D eigenvalue weighted by Crippen LogP contribution is 2.39. The first-order valence-corrected chi connectivity index (χ1v) is 9.84. The van der Waals surface area contributed by atoms with Gasteiger partial charge in [-0.2, -0.15) is 0 Å². The van der Waals surface area contributed by atoms with Crippen LogP contribution in [0.15, 0.2) is 18.2 Å². The SMILES string of the molecule is CCN1C(=O)CC[C@@]12CCCN(Cc1ccc3c(c1)CCC3)CC2. The monoisotopic (exact) mass is 326 g/mol. The van der Waals surface area contributed by atoms with E-state index in [4.69, 9.17) is 0 Å². The highest BCUT2D eigenvalue weighted by Gasteiger charge is 2.44. The zero-order valence-electron chi connectivity index (χ0n) is 15.0. The van der Waals surface area contributed by atoms with Crippen molar-refractivity contribution in [1.82, 2.24) is 9.80 Å². The van der Waals surface area contributed by atoms with E-state index in [1.807, 2.05) is 0 Å². The molecule has 24 heavy (non-hydrogen) atoms. The van der Waals surface area contributed by atoms with Gasteiger partial charge in [0.2, 0.25) is 5.91 Å². The number of carbonyl (C=O) groups is 1. The van der Waals surface area contributed by atoms with Gasteiger partial charge in [0.25, 0.3) is 0 Å². The number of hydrogen-bond donors (Lipinski definition) is 0. The first-order chi connectivity index (χ1) is 11.7. The first kappa shape index (κ1) is 16.1. The van der Waals surface area contributed by atoms with Crippen molar-refractivity contribution in [3.8, 4) is 0 Å². The molecule has 1 amide bonds. The summed E-state index contributed by atoms with van der Waals surface area (Å²) in [7, 11) is 0. The molecule has 1 aromatic rings. The number of benzene rings is 1. The van der Waals surface area contributed by atoms with Gasteiger partial charge in [-0.1, -0.05) is 18.2 Å². The Labute approximate surface area is 146 Å². The number of carbonyl (C=O) groups excluding carboxylic acids is 1. The third kappa shape index (κ3) is 2.88. The fourth-order valence-corrected chi connectivity index (χ4v) is 5.28. The van der Waals surface area contributed by atoms with Crippen LogP contribution in [0, 0.1) is 0 Å². The lowest BCUT2D eigenvalue weighted by molar-refractivity contribution is -0.131. The molecule has 2 saturated heterocycles. The topological polar surface area (TPSA) is 23.6 Å². The van der Waals surface area contributed by atoms with E-state index >= 15 is 0 Å². The Morgan fingerprint density at radius 3 is 2.75 bits per heavy atom. The van der Waals surface area contributed by atoms with Crippen LogP contribution in [0.25, 0.3) is 0 Å². The predicted molar refractivity (Wildman–Crippen MR) is 96.9 cm³/mol. The Bertz CT molecular complexity index is 626. The minimum atomic E-state index is 0.165.